The average molecular weight is 440 g/mol. The third-order valence-electron chi connectivity index (χ3n) is 4.17. The van der Waals surface area contributed by atoms with Gasteiger partial charge < -0.3 is 9.47 Å². The van der Waals surface area contributed by atoms with Gasteiger partial charge in [-0.05, 0) is 35.4 Å². The van der Waals surface area contributed by atoms with Crippen molar-refractivity contribution in [2.45, 2.75) is 6.61 Å². The van der Waals surface area contributed by atoms with Crippen LogP contribution in [-0.4, -0.2) is 49.9 Å². The minimum absolute atomic E-state index is 0.127. The predicted octanol–water partition coefficient (Wildman–Crippen LogP) is 3.49. The van der Waals surface area contributed by atoms with Gasteiger partial charge in [0.1, 0.15) is 12.4 Å². The number of nitrogens with zero attached hydrogens (tertiary/aromatic N) is 2. The summed E-state index contributed by atoms with van der Waals surface area (Å²) in [7, 11) is 0. The van der Waals surface area contributed by atoms with Crippen LogP contribution in [0.3, 0.4) is 0 Å². The first-order valence-electron chi connectivity index (χ1n) is 8.99. The first-order chi connectivity index (χ1) is 14.0. The summed E-state index contributed by atoms with van der Waals surface area (Å²) in [4.78, 5) is 13.9. The van der Waals surface area contributed by atoms with Crippen molar-refractivity contribution in [1.82, 2.24) is 10.3 Å². The molecule has 1 aliphatic rings. The van der Waals surface area contributed by atoms with E-state index in [1.807, 2.05) is 4.90 Å². The Kier molecular flexibility index (Phi) is 7.83. The molecule has 3 rings (SSSR count). The molecule has 1 N–H and O–H groups in total. The van der Waals surface area contributed by atoms with E-state index in [9.17, 15) is 9.18 Å². The van der Waals surface area contributed by atoms with E-state index in [-0.39, 0.29) is 34.9 Å². The van der Waals surface area contributed by atoms with Crippen LogP contribution < -0.4 is 10.2 Å². The van der Waals surface area contributed by atoms with E-state index >= 15 is 0 Å². The Bertz CT molecular complexity index is 866. The Hall–Kier alpha value is -2.19. The van der Waals surface area contributed by atoms with E-state index < -0.39 is 0 Å². The lowest BCUT2D eigenvalue weighted by Crippen LogP contribution is -2.42. The van der Waals surface area contributed by atoms with Gasteiger partial charge in [-0.15, -0.1) is 0 Å². The van der Waals surface area contributed by atoms with Gasteiger partial charge in [-0.2, -0.15) is 5.10 Å². The van der Waals surface area contributed by atoms with Gasteiger partial charge in [0.25, 0.3) is 5.91 Å². The fourth-order valence-corrected chi connectivity index (χ4v) is 3.36. The molecule has 0 bridgehead atoms. The number of hydrogen-bond donors (Lipinski definition) is 1. The molecule has 9 heteroatoms. The molecule has 1 saturated heterocycles. The molecular formula is C20H20Cl2FN3O3. The first kappa shape index (κ1) is 21.5. The third-order valence-corrected chi connectivity index (χ3v) is 4.73. The summed E-state index contributed by atoms with van der Waals surface area (Å²) in [6.07, 6.45) is 1.45. The topological polar surface area (TPSA) is 63.2 Å². The highest BCUT2D eigenvalue weighted by atomic mass is 35.5. The monoisotopic (exact) mass is 439 g/mol. The predicted molar refractivity (Wildman–Crippen MR) is 110 cm³/mol. The third kappa shape index (κ3) is 6.68. The molecule has 154 valence electrons. The molecule has 29 heavy (non-hydrogen) atoms. The summed E-state index contributed by atoms with van der Waals surface area (Å²) >= 11 is 12.5. The Morgan fingerprint density at radius 1 is 1.24 bits per heavy atom. The molecule has 0 radical (unpaired) electrons. The minimum Gasteiger partial charge on any atom is -0.486 e. The zero-order valence-corrected chi connectivity index (χ0v) is 17.0. The molecule has 2 aromatic carbocycles. The molecule has 0 atom stereocenters. The highest BCUT2D eigenvalue weighted by molar-refractivity contribution is 6.37. The van der Waals surface area contributed by atoms with Gasteiger partial charge in [0.2, 0.25) is 0 Å². The summed E-state index contributed by atoms with van der Waals surface area (Å²) in [5, 5.41) is 4.51. The fourth-order valence-electron chi connectivity index (χ4n) is 2.75. The van der Waals surface area contributed by atoms with E-state index in [1.165, 1.54) is 18.3 Å². The number of halogens is 3. The van der Waals surface area contributed by atoms with Crippen molar-refractivity contribution in [3.63, 3.8) is 0 Å². The molecule has 0 aromatic heterocycles. The van der Waals surface area contributed by atoms with Gasteiger partial charge in [0.15, 0.2) is 5.75 Å². The minimum atomic E-state index is -0.342. The summed E-state index contributed by atoms with van der Waals surface area (Å²) in [6.45, 7) is 3.08. The lowest BCUT2D eigenvalue weighted by Gasteiger charge is -2.25. The average Bonchev–Trinajstić information content (AvgIpc) is 2.68. The van der Waals surface area contributed by atoms with Crippen molar-refractivity contribution in [2.24, 2.45) is 5.10 Å². The van der Waals surface area contributed by atoms with Crippen LogP contribution >= 0.6 is 23.2 Å². The van der Waals surface area contributed by atoms with Crippen molar-refractivity contribution < 1.29 is 18.7 Å². The van der Waals surface area contributed by atoms with Crippen molar-refractivity contribution in [1.29, 1.82) is 0 Å². The highest BCUT2D eigenvalue weighted by Crippen LogP contribution is 2.34. The molecular weight excluding hydrogens is 420 g/mol. The SMILES string of the molecule is O=C(CN1CCOCC1)N/N=C\c1cc(Cl)c(OCc2cccc(F)c2)c(Cl)c1. The van der Waals surface area contributed by atoms with Gasteiger partial charge in [0.05, 0.1) is 36.0 Å². The van der Waals surface area contributed by atoms with Crippen molar-refractivity contribution >= 4 is 35.3 Å². The zero-order valence-electron chi connectivity index (χ0n) is 15.5. The number of nitrogens with one attached hydrogen (secondary N) is 1. The number of hydrogen-bond acceptors (Lipinski definition) is 5. The van der Waals surface area contributed by atoms with E-state index in [1.54, 1.807) is 24.3 Å². The lowest BCUT2D eigenvalue weighted by atomic mass is 10.2. The van der Waals surface area contributed by atoms with Gasteiger partial charge in [-0.1, -0.05) is 35.3 Å². The molecule has 0 spiro atoms. The van der Waals surface area contributed by atoms with Gasteiger partial charge in [0, 0.05) is 13.1 Å². The van der Waals surface area contributed by atoms with Crippen LogP contribution in [0.4, 0.5) is 4.39 Å². The molecule has 2 aromatic rings. The highest BCUT2D eigenvalue weighted by Gasteiger charge is 2.14. The molecule has 0 aliphatic carbocycles. The summed E-state index contributed by atoms with van der Waals surface area (Å²) in [5.41, 5.74) is 3.74. The number of benzene rings is 2. The van der Waals surface area contributed by atoms with Crippen molar-refractivity contribution in [2.75, 3.05) is 32.8 Å². The maximum atomic E-state index is 13.3. The Labute approximate surface area is 178 Å². The molecule has 1 aliphatic heterocycles. The van der Waals surface area contributed by atoms with Crippen LogP contribution in [0.2, 0.25) is 10.0 Å². The standard InChI is InChI=1S/C20H20Cl2FN3O3/c21-17-9-15(11-24-25-19(27)12-26-4-6-28-7-5-26)10-18(22)20(17)29-13-14-2-1-3-16(23)8-14/h1-3,8-11H,4-7,12-13H2,(H,25,27)/b24-11-. The largest absolute Gasteiger partial charge is 0.486 e. The molecule has 0 unspecified atom stereocenters. The van der Waals surface area contributed by atoms with Crippen LogP contribution in [0, 0.1) is 5.82 Å². The smallest absolute Gasteiger partial charge is 0.254 e. The normalized spacial score (nSPS) is 14.9. The Balaban J connectivity index is 1.55. The van der Waals surface area contributed by atoms with Crippen molar-refractivity contribution in [3.8, 4) is 5.75 Å². The van der Waals surface area contributed by atoms with E-state index in [0.29, 0.717) is 30.1 Å². The number of amides is 1. The lowest BCUT2D eigenvalue weighted by molar-refractivity contribution is -0.123. The first-order valence-corrected chi connectivity index (χ1v) is 9.75. The second-order valence-electron chi connectivity index (χ2n) is 6.41. The van der Waals surface area contributed by atoms with E-state index in [2.05, 4.69) is 10.5 Å². The number of hydrazone groups is 1. The molecule has 1 fully saturated rings. The quantitative estimate of drug-likeness (QED) is 0.529. The van der Waals surface area contributed by atoms with Crippen LogP contribution in [0.25, 0.3) is 0 Å². The van der Waals surface area contributed by atoms with Crippen LogP contribution in [0.15, 0.2) is 41.5 Å². The van der Waals surface area contributed by atoms with Gasteiger partial charge >= 0.3 is 0 Å². The second-order valence-corrected chi connectivity index (χ2v) is 7.23. The number of carbonyl (C=O) groups is 1. The second kappa shape index (κ2) is 10.5. The fraction of sp³-hybridized carbons (Fsp3) is 0.300. The molecule has 1 amide bonds. The maximum absolute atomic E-state index is 13.3. The van der Waals surface area contributed by atoms with Crippen molar-refractivity contribution in [3.05, 3.63) is 63.4 Å². The summed E-state index contributed by atoms with van der Waals surface area (Å²) in [5.74, 6) is -0.257. The molecule has 6 nitrogen and oxygen atoms in total. The Morgan fingerprint density at radius 3 is 2.66 bits per heavy atom. The Morgan fingerprint density at radius 2 is 1.97 bits per heavy atom. The van der Waals surface area contributed by atoms with E-state index in [0.717, 1.165) is 13.1 Å². The number of carbonyl (C=O) groups excluding carboxylic acids is 1. The number of morpholine rings is 1. The van der Waals surface area contributed by atoms with Gasteiger partial charge in [-0.3, -0.25) is 9.69 Å². The summed E-state index contributed by atoms with van der Waals surface area (Å²) < 4.78 is 24.1. The van der Waals surface area contributed by atoms with Crippen LogP contribution in [-0.2, 0) is 16.1 Å². The number of ether oxygens (including phenoxy) is 2. The molecule has 1 heterocycles. The van der Waals surface area contributed by atoms with Crippen LogP contribution in [0.1, 0.15) is 11.1 Å². The maximum Gasteiger partial charge on any atom is 0.254 e. The van der Waals surface area contributed by atoms with Gasteiger partial charge in [-0.25, -0.2) is 9.82 Å². The van der Waals surface area contributed by atoms with E-state index in [4.69, 9.17) is 32.7 Å². The molecule has 0 saturated carbocycles. The zero-order chi connectivity index (χ0) is 20.6. The number of rotatable bonds is 7. The van der Waals surface area contributed by atoms with Crippen LogP contribution in [0.5, 0.6) is 5.75 Å². The summed E-state index contributed by atoms with van der Waals surface area (Å²) in [6, 6.07) is 9.31.